The minimum atomic E-state index is -4.40. The standard InChI is InChI=1S/C20H20N4O6S.C18H16N2O4S/c1-2-3-4-13-5-7-14(8-6-13)21-22-17-18(20(26)27)23-24(19(17)25)15-9-11-16(12-10-15)31(28,29)30;1-2-12-3-10-18(20-19-13-4-6-14(21)7-5-13)16-9-8-15(11-17(12)16)25(22,23)24/h5-12,23H,2-4H2,1H3,(H,26,27)(H,28,29,30);3-12H,2H2,1H3,(H,22,23,24)/b;20-18-. The zero-order valence-electron chi connectivity index (χ0n) is 30.0. The number of allylic oxidation sites excluding steroid dienone is 6. The van der Waals surface area contributed by atoms with E-state index in [2.05, 4.69) is 32.5 Å². The van der Waals surface area contributed by atoms with Crippen LogP contribution in [0.3, 0.4) is 0 Å². The van der Waals surface area contributed by atoms with E-state index in [0.29, 0.717) is 17.1 Å². The summed E-state index contributed by atoms with van der Waals surface area (Å²) in [5.74, 6) is -1.47. The molecule has 0 saturated carbocycles. The second kappa shape index (κ2) is 17.5. The van der Waals surface area contributed by atoms with Gasteiger partial charge in [0.1, 0.15) is 0 Å². The van der Waals surface area contributed by atoms with Gasteiger partial charge >= 0.3 is 5.97 Å². The second-order valence-corrected chi connectivity index (χ2v) is 15.2. The van der Waals surface area contributed by atoms with Gasteiger partial charge in [-0.25, -0.2) is 9.48 Å². The Bertz CT molecular complexity index is 2600. The van der Waals surface area contributed by atoms with Gasteiger partial charge in [0, 0.05) is 11.5 Å². The van der Waals surface area contributed by atoms with E-state index in [-0.39, 0.29) is 27.2 Å². The number of hydrogen-bond donors (Lipinski definition) is 4. The Morgan fingerprint density at radius 3 is 2.04 bits per heavy atom. The summed E-state index contributed by atoms with van der Waals surface area (Å²) in [7, 11) is -8.66. The summed E-state index contributed by atoms with van der Waals surface area (Å²) in [6.45, 7) is 4.10. The van der Waals surface area contributed by atoms with Crippen LogP contribution in [0.25, 0.3) is 5.69 Å². The minimum Gasteiger partial charge on any atom is -0.476 e. The van der Waals surface area contributed by atoms with E-state index in [4.69, 9.17) is 4.55 Å². The number of carboxylic acid groups (broad SMARTS) is 1. The van der Waals surface area contributed by atoms with Crippen LogP contribution in [-0.4, -0.2) is 64.0 Å². The molecule has 4 N–H and O–H groups in total. The number of H-pyrrole nitrogens is 1. The summed E-state index contributed by atoms with van der Waals surface area (Å²) in [5, 5.41) is 28.0. The van der Waals surface area contributed by atoms with Crippen molar-refractivity contribution in [1.29, 1.82) is 0 Å². The number of aryl methyl sites for hydroxylation is 1. The molecule has 16 nitrogen and oxygen atoms in total. The number of nitrogens with one attached hydrogen (secondary N) is 1. The number of unbranched alkanes of at least 4 members (excludes halogenated alkanes) is 1. The SMILES string of the molecule is CCC1C=C/C(=N/N=C2C=CC(=O)C=C2)c2ccc(S(=O)(=O)O)cc21.CCCCc1ccc(N=Nc2c(C(=O)O)[nH]n(-c3ccc(S(=O)(=O)O)cc3)c2=O)cc1. The molecular weight excluding hydrogens is 765 g/mol. The van der Waals surface area contributed by atoms with Gasteiger partial charge in [-0.1, -0.05) is 44.5 Å². The highest BCUT2D eigenvalue weighted by Crippen LogP contribution is 2.32. The Labute approximate surface area is 321 Å². The van der Waals surface area contributed by atoms with Crippen LogP contribution in [0.4, 0.5) is 11.4 Å². The van der Waals surface area contributed by atoms with Crippen molar-refractivity contribution in [3.63, 3.8) is 0 Å². The molecule has 0 amide bonds. The molecule has 2 aliphatic carbocycles. The molecule has 0 fully saturated rings. The van der Waals surface area contributed by atoms with Crippen LogP contribution in [-0.2, 0) is 31.5 Å². The first-order valence-electron chi connectivity index (χ1n) is 17.1. The Kier molecular flexibility index (Phi) is 12.8. The first kappa shape index (κ1) is 41.0. The highest BCUT2D eigenvalue weighted by atomic mass is 32.2. The lowest BCUT2D eigenvalue weighted by atomic mass is 9.85. The van der Waals surface area contributed by atoms with Crippen LogP contribution >= 0.6 is 0 Å². The summed E-state index contributed by atoms with van der Waals surface area (Å²) in [5.41, 5.74) is 2.80. The number of ketones is 1. The maximum Gasteiger partial charge on any atom is 0.356 e. The largest absolute Gasteiger partial charge is 0.476 e. The number of hydrogen-bond acceptors (Lipinski definition) is 11. The molecule has 3 aromatic carbocycles. The van der Waals surface area contributed by atoms with Gasteiger partial charge in [0.25, 0.3) is 25.8 Å². The van der Waals surface area contributed by atoms with Gasteiger partial charge in [0.2, 0.25) is 0 Å². The van der Waals surface area contributed by atoms with Crippen LogP contribution in [0.1, 0.15) is 66.2 Å². The van der Waals surface area contributed by atoms with E-state index in [1.807, 2.05) is 31.2 Å². The van der Waals surface area contributed by atoms with Crippen molar-refractivity contribution in [2.75, 3.05) is 0 Å². The molecular formula is C38H36N6O10S2. The fourth-order valence-corrected chi connectivity index (χ4v) is 6.54. The topological polar surface area (TPSA) is 250 Å². The number of rotatable bonds is 11. The predicted molar refractivity (Wildman–Crippen MR) is 208 cm³/mol. The summed E-state index contributed by atoms with van der Waals surface area (Å²) >= 11 is 0. The number of nitrogens with zero attached hydrogens (tertiary/aromatic N) is 5. The summed E-state index contributed by atoms with van der Waals surface area (Å²) < 4.78 is 64.3. The first-order chi connectivity index (χ1) is 26.6. The van der Waals surface area contributed by atoms with Crippen LogP contribution in [0.5, 0.6) is 0 Å². The number of fused-ring (bicyclic) bond motifs is 1. The van der Waals surface area contributed by atoms with Gasteiger partial charge in [0.05, 0.1) is 32.6 Å². The molecule has 6 rings (SSSR count). The maximum atomic E-state index is 12.7. The molecule has 18 heteroatoms. The van der Waals surface area contributed by atoms with Gasteiger partial charge in [-0.05, 0) is 109 Å². The third-order valence-electron chi connectivity index (χ3n) is 8.53. The molecule has 1 unspecified atom stereocenters. The smallest absolute Gasteiger partial charge is 0.356 e. The van der Waals surface area contributed by atoms with Crippen molar-refractivity contribution in [3.8, 4) is 5.69 Å². The zero-order chi connectivity index (χ0) is 40.6. The van der Waals surface area contributed by atoms with E-state index >= 15 is 0 Å². The average molecular weight is 801 g/mol. The average Bonchev–Trinajstić information content (AvgIpc) is 3.51. The molecule has 1 aromatic heterocycles. The first-order valence-corrected chi connectivity index (χ1v) is 20.0. The van der Waals surface area contributed by atoms with Gasteiger partial charge in [-0.2, -0.15) is 27.1 Å². The lowest BCUT2D eigenvalue weighted by Crippen LogP contribution is -2.14. The van der Waals surface area contributed by atoms with Crippen LogP contribution in [0, 0.1) is 0 Å². The molecule has 0 radical (unpaired) electrons. The minimum absolute atomic E-state index is 0.0374. The third-order valence-corrected chi connectivity index (χ3v) is 10.2. The predicted octanol–water partition coefficient (Wildman–Crippen LogP) is 6.71. The number of aromatic amines is 1. The van der Waals surface area contributed by atoms with Gasteiger partial charge in [-0.15, -0.1) is 10.2 Å². The van der Waals surface area contributed by atoms with Crippen molar-refractivity contribution in [3.05, 3.63) is 136 Å². The quantitative estimate of drug-likeness (QED) is 0.0540. The normalized spacial score (nSPS) is 15.9. The number of carbonyl (C=O) groups excluding carboxylic acids is 1. The molecule has 4 aromatic rings. The monoisotopic (exact) mass is 800 g/mol. The van der Waals surface area contributed by atoms with Crippen molar-refractivity contribution in [2.24, 2.45) is 20.4 Å². The van der Waals surface area contributed by atoms with E-state index in [1.54, 1.807) is 30.4 Å². The summed E-state index contributed by atoms with van der Waals surface area (Å²) in [6.07, 6.45) is 13.6. The van der Waals surface area contributed by atoms with E-state index in [0.717, 1.165) is 59.2 Å². The number of carbonyl (C=O) groups is 2. The number of aromatic nitrogens is 2. The Hall–Kier alpha value is -6.21. The van der Waals surface area contributed by atoms with Crippen molar-refractivity contribution in [2.45, 2.75) is 55.2 Å². The van der Waals surface area contributed by atoms with Crippen molar-refractivity contribution >= 4 is 54.8 Å². The molecule has 1 atom stereocenters. The lowest BCUT2D eigenvalue weighted by Gasteiger charge is -2.21. The van der Waals surface area contributed by atoms with Gasteiger partial charge < -0.3 is 5.11 Å². The summed E-state index contributed by atoms with van der Waals surface area (Å²) in [6, 6.07) is 16.3. The molecule has 56 heavy (non-hydrogen) atoms. The van der Waals surface area contributed by atoms with Gasteiger partial charge in [-0.3, -0.25) is 23.8 Å². The molecule has 290 valence electrons. The van der Waals surface area contributed by atoms with Crippen LogP contribution < -0.4 is 5.56 Å². The van der Waals surface area contributed by atoms with E-state index in [9.17, 15) is 40.9 Å². The second-order valence-electron chi connectivity index (χ2n) is 12.4. The molecule has 1 heterocycles. The van der Waals surface area contributed by atoms with E-state index < -0.39 is 43.1 Å². The number of benzene rings is 3. The fourth-order valence-electron chi connectivity index (χ4n) is 5.55. The maximum absolute atomic E-state index is 12.7. The Morgan fingerprint density at radius 2 is 1.45 bits per heavy atom. The molecule has 0 bridgehead atoms. The highest BCUT2D eigenvalue weighted by Gasteiger charge is 2.23. The lowest BCUT2D eigenvalue weighted by molar-refractivity contribution is -0.110. The Balaban J connectivity index is 0.000000219. The molecule has 2 aliphatic rings. The Morgan fingerprint density at radius 1 is 0.804 bits per heavy atom. The fraction of sp³-hybridized carbons (Fsp3) is 0.184. The van der Waals surface area contributed by atoms with E-state index in [1.165, 1.54) is 36.4 Å². The van der Waals surface area contributed by atoms with Crippen molar-refractivity contribution < 1.29 is 40.6 Å². The number of azo groups is 1. The summed E-state index contributed by atoms with van der Waals surface area (Å²) in [4.78, 5) is 34.9. The van der Waals surface area contributed by atoms with Gasteiger partial charge in [0.15, 0.2) is 17.2 Å². The molecule has 0 saturated heterocycles. The molecule has 0 spiro atoms. The highest BCUT2D eigenvalue weighted by molar-refractivity contribution is 7.86. The van der Waals surface area contributed by atoms with Crippen LogP contribution in [0.2, 0.25) is 0 Å². The van der Waals surface area contributed by atoms with Crippen LogP contribution in [0.15, 0.2) is 138 Å². The number of aromatic carboxylic acids is 1. The zero-order valence-corrected chi connectivity index (χ0v) is 31.6. The number of carboxylic acids is 1. The van der Waals surface area contributed by atoms with Crippen molar-refractivity contribution in [1.82, 2.24) is 9.78 Å². The molecule has 0 aliphatic heterocycles. The third kappa shape index (κ3) is 10.1.